The molecular weight excluding hydrogens is 709 g/mol. The molecule has 0 heterocycles. The van der Waals surface area contributed by atoms with Gasteiger partial charge < -0.3 is 14.2 Å². The zero-order valence-electron chi connectivity index (χ0n) is 38.6. The molecule has 0 aliphatic carbocycles. The van der Waals surface area contributed by atoms with Gasteiger partial charge in [0.2, 0.25) is 0 Å². The molecule has 0 aliphatic rings. The van der Waals surface area contributed by atoms with Crippen LogP contribution in [0.2, 0.25) is 0 Å². The SMILES string of the molecule is CCCCCCCCCCCCCCCCCCCC(=O)OC[C@H](COC(=O)CCCCCCCCCCCC)OC(=O)CCCCCCCCCCCCCC. The van der Waals surface area contributed by atoms with Crippen LogP contribution >= 0.6 is 0 Å². The largest absolute Gasteiger partial charge is 0.462 e. The number of rotatable bonds is 47. The minimum absolute atomic E-state index is 0.0620. The lowest BCUT2D eigenvalue weighted by Crippen LogP contribution is -2.30. The summed E-state index contributed by atoms with van der Waals surface area (Å²) in [4.78, 5) is 37.8. The average Bonchev–Trinajstić information content (AvgIpc) is 3.21. The highest BCUT2D eigenvalue weighted by Gasteiger charge is 2.19. The van der Waals surface area contributed by atoms with Crippen molar-refractivity contribution in [3.05, 3.63) is 0 Å². The summed E-state index contributed by atoms with van der Waals surface area (Å²) in [5, 5.41) is 0. The van der Waals surface area contributed by atoms with E-state index in [2.05, 4.69) is 20.8 Å². The van der Waals surface area contributed by atoms with Crippen molar-refractivity contribution in [3.8, 4) is 0 Å². The summed E-state index contributed by atoms with van der Waals surface area (Å²) < 4.78 is 16.8. The van der Waals surface area contributed by atoms with Crippen molar-refractivity contribution < 1.29 is 28.6 Å². The van der Waals surface area contributed by atoms with Gasteiger partial charge in [-0.15, -0.1) is 0 Å². The predicted molar refractivity (Wildman–Crippen MR) is 243 cm³/mol. The maximum atomic E-state index is 12.7. The highest BCUT2D eigenvalue weighted by Crippen LogP contribution is 2.17. The number of hydrogen-bond donors (Lipinski definition) is 0. The molecule has 0 N–H and O–H groups in total. The fraction of sp³-hybridized carbons (Fsp3) is 0.941. The van der Waals surface area contributed by atoms with E-state index in [9.17, 15) is 14.4 Å². The monoisotopic (exact) mass is 807 g/mol. The summed E-state index contributed by atoms with van der Waals surface area (Å²) in [6.07, 6.45) is 49.4. The van der Waals surface area contributed by atoms with Crippen LogP contribution < -0.4 is 0 Å². The first kappa shape index (κ1) is 55.4. The molecule has 338 valence electrons. The Labute approximate surface area is 355 Å². The first-order chi connectivity index (χ1) is 28.0. The van der Waals surface area contributed by atoms with Crippen LogP contribution in [0.4, 0.5) is 0 Å². The van der Waals surface area contributed by atoms with Gasteiger partial charge in [0.1, 0.15) is 13.2 Å². The van der Waals surface area contributed by atoms with Crippen LogP contribution in [-0.2, 0) is 28.6 Å². The number of carbonyl (C=O) groups is 3. The van der Waals surface area contributed by atoms with Crippen LogP contribution in [0, 0.1) is 0 Å². The molecule has 0 aromatic rings. The fourth-order valence-electron chi connectivity index (χ4n) is 7.74. The lowest BCUT2D eigenvalue weighted by atomic mass is 10.0. The van der Waals surface area contributed by atoms with E-state index in [0.29, 0.717) is 19.3 Å². The molecule has 0 radical (unpaired) electrons. The van der Waals surface area contributed by atoms with E-state index in [1.165, 1.54) is 193 Å². The summed E-state index contributed by atoms with van der Waals surface area (Å²) in [6, 6.07) is 0. The molecule has 0 spiro atoms. The molecule has 0 bridgehead atoms. The van der Waals surface area contributed by atoms with Gasteiger partial charge in [0, 0.05) is 19.3 Å². The molecule has 0 fully saturated rings. The van der Waals surface area contributed by atoms with Crippen LogP contribution in [-0.4, -0.2) is 37.2 Å². The van der Waals surface area contributed by atoms with E-state index in [1.54, 1.807) is 0 Å². The normalized spacial score (nSPS) is 11.8. The third-order valence-electron chi connectivity index (χ3n) is 11.6. The molecule has 6 heteroatoms. The molecule has 0 saturated carbocycles. The van der Waals surface area contributed by atoms with Crippen molar-refractivity contribution in [2.24, 2.45) is 0 Å². The van der Waals surface area contributed by atoms with Crippen LogP contribution in [0.5, 0.6) is 0 Å². The molecule has 6 nitrogen and oxygen atoms in total. The second-order valence-electron chi connectivity index (χ2n) is 17.5. The molecule has 0 rings (SSSR count). The molecule has 0 aromatic carbocycles. The van der Waals surface area contributed by atoms with Crippen molar-refractivity contribution in [1.82, 2.24) is 0 Å². The van der Waals surface area contributed by atoms with E-state index < -0.39 is 6.10 Å². The van der Waals surface area contributed by atoms with Crippen LogP contribution in [0.1, 0.15) is 290 Å². The van der Waals surface area contributed by atoms with Crippen molar-refractivity contribution in [2.45, 2.75) is 297 Å². The molecule has 57 heavy (non-hydrogen) atoms. The molecule has 0 unspecified atom stereocenters. The Bertz CT molecular complexity index is 844. The second kappa shape index (κ2) is 47.1. The van der Waals surface area contributed by atoms with E-state index in [-0.39, 0.29) is 31.1 Å². The maximum Gasteiger partial charge on any atom is 0.306 e. The van der Waals surface area contributed by atoms with Crippen LogP contribution in [0.3, 0.4) is 0 Å². The summed E-state index contributed by atoms with van der Waals surface area (Å²) in [6.45, 7) is 6.66. The van der Waals surface area contributed by atoms with Gasteiger partial charge in [-0.05, 0) is 19.3 Å². The average molecular weight is 807 g/mol. The second-order valence-corrected chi connectivity index (χ2v) is 17.5. The summed E-state index contributed by atoms with van der Waals surface area (Å²) in [5.74, 6) is -0.844. The van der Waals surface area contributed by atoms with E-state index >= 15 is 0 Å². The number of ether oxygens (including phenoxy) is 3. The van der Waals surface area contributed by atoms with Gasteiger partial charge in [-0.2, -0.15) is 0 Å². The zero-order chi connectivity index (χ0) is 41.5. The van der Waals surface area contributed by atoms with Crippen molar-refractivity contribution in [3.63, 3.8) is 0 Å². The van der Waals surface area contributed by atoms with Gasteiger partial charge in [-0.3, -0.25) is 14.4 Å². The van der Waals surface area contributed by atoms with Gasteiger partial charge in [0.25, 0.3) is 0 Å². The van der Waals surface area contributed by atoms with Crippen LogP contribution in [0.15, 0.2) is 0 Å². The van der Waals surface area contributed by atoms with Crippen molar-refractivity contribution in [2.75, 3.05) is 13.2 Å². The van der Waals surface area contributed by atoms with Crippen LogP contribution in [0.25, 0.3) is 0 Å². The van der Waals surface area contributed by atoms with Gasteiger partial charge in [0.05, 0.1) is 0 Å². The molecule has 0 amide bonds. The summed E-state index contributed by atoms with van der Waals surface area (Å²) in [7, 11) is 0. The fourth-order valence-corrected chi connectivity index (χ4v) is 7.74. The molecule has 0 aliphatic heterocycles. The highest BCUT2D eigenvalue weighted by molar-refractivity contribution is 5.71. The number of unbranched alkanes of at least 4 members (excludes halogenated alkanes) is 36. The first-order valence-corrected chi connectivity index (χ1v) is 25.5. The summed E-state index contributed by atoms with van der Waals surface area (Å²) in [5.41, 5.74) is 0. The highest BCUT2D eigenvalue weighted by atomic mass is 16.6. The van der Waals surface area contributed by atoms with E-state index in [0.717, 1.165) is 57.8 Å². The first-order valence-electron chi connectivity index (χ1n) is 25.5. The zero-order valence-corrected chi connectivity index (χ0v) is 38.6. The Kier molecular flexibility index (Phi) is 45.8. The predicted octanol–water partition coefficient (Wildman–Crippen LogP) is 16.4. The topological polar surface area (TPSA) is 78.9 Å². The van der Waals surface area contributed by atoms with Gasteiger partial charge in [-0.25, -0.2) is 0 Å². The van der Waals surface area contributed by atoms with Crippen molar-refractivity contribution in [1.29, 1.82) is 0 Å². The maximum absolute atomic E-state index is 12.7. The standard InChI is InChI=1S/C51H98O6/c1-4-7-10-13-16-19-22-24-25-26-27-28-30-32-35-38-41-44-50(53)56-47-48(46-55-49(52)43-40-37-34-31-21-18-15-12-9-6-3)57-51(54)45-42-39-36-33-29-23-20-17-14-11-8-5-2/h48H,4-47H2,1-3H3/t48-/m0/s1. The number of carbonyl (C=O) groups excluding carboxylic acids is 3. The smallest absolute Gasteiger partial charge is 0.306 e. The lowest BCUT2D eigenvalue weighted by Gasteiger charge is -2.18. The number of hydrogen-bond acceptors (Lipinski definition) is 6. The Hall–Kier alpha value is -1.59. The van der Waals surface area contributed by atoms with E-state index in [4.69, 9.17) is 14.2 Å². The van der Waals surface area contributed by atoms with Crippen molar-refractivity contribution >= 4 is 17.9 Å². The number of esters is 3. The molecule has 0 saturated heterocycles. The quantitative estimate of drug-likeness (QED) is 0.0346. The minimum Gasteiger partial charge on any atom is -0.462 e. The van der Waals surface area contributed by atoms with E-state index in [1.807, 2.05) is 0 Å². The minimum atomic E-state index is -0.758. The Morgan fingerprint density at radius 2 is 0.474 bits per heavy atom. The lowest BCUT2D eigenvalue weighted by molar-refractivity contribution is -0.167. The Morgan fingerprint density at radius 1 is 0.281 bits per heavy atom. The Balaban J connectivity index is 4.25. The molecule has 1 atom stereocenters. The molecular formula is C51H98O6. The van der Waals surface area contributed by atoms with Gasteiger partial charge >= 0.3 is 17.9 Å². The Morgan fingerprint density at radius 3 is 0.702 bits per heavy atom. The third-order valence-corrected chi connectivity index (χ3v) is 11.6. The van der Waals surface area contributed by atoms with Gasteiger partial charge in [-0.1, -0.05) is 252 Å². The molecule has 0 aromatic heterocycles. The summed E-state index contributed by atoms with van der Waals surface area (Å²) >= 11 is 0. The van der Waals surface area contributed by atoms with Gasteiger partial charge in [0.15, 0.2) is 6.10 Å². The third kappa shape index (κ3) is 45.3.